The summed E-state index contributed by atoms with van der Waals surface area (Å²) in [5.74, 6) is -0.862. The molecule has 20 heavy (non-hydrogen) atoms. The standard InChI is InChI=1S/C15H12N2O3/c1-20-15-12(9-16)11(8-14(18)19)7-13(17-15)10-5-3-2-4-6-10/h2-7H,8H2,1H3,(H,18,19). The van der Waals surface area contributed by atoms with E-state index < -0.39 is 5.97 Å². The summed E-state index contributed by atoms with van der Waals surface area (Å²) in [4.78, 5) is 15.2. The number of hydrogen-bond acceptors (Lipinski definition) is 4. The van der Waals surface area contributed by atoms with Crippen LogP contribution in [0.15, 0.2) is 36.4 Å². The van der Waals surface area contributed by atoms with Crippen molar-refractivity contribution in [2.75, 3.05) is 7.11 Å². The maximum absolute atomic E-state index is 10.9. The van der Waals surface area contributed by atoms with Crippen LogP contribution in [0.2, 0.25) is 0 Å². The Hall–Kier alpha value is -2.87. The van der Waals surface area contributed by atoms with Crippen molar-refractivity contribution in [2.24, 2.45) is 0 Å². The van der Waals surface area contributed by atoms with Gasteiger partial charge in [0.05, 0.1) is 19.2 Å². The van der Waals surface area contributed by atoms with E-state index in [1.807, 2.05) is 36.4 Å². The largest absolute Gasteiger partial charge is 0.481 e. The topological polar surface area (TPSA) is 83.2 Å². The zero-order valence-corrected chi connectivity index (χ0v) is 10.8. The van der Waals surface area contributed by atoms with Crippen molar-refractivity contribution in [3.63, 3.8) is 0 Å². The van der Waals surface area contributed by atoms with Crippen molar-refractivity contribution in [2.45, 2.75) is 6.42 Å². The lowest BCUT2D eigenvalue weighted by Gasteiger charge is -2.10. The van der Waals surface area contributed by atoms with Crippen molar-refractivity contribution >= 4 is 5.97 Å². The SMILES string of the molecule is COc1nc(-c2ccccc2)cc(CC(=O)O)c1C#N. The summed E-state index contributed by atoms with van der Waals surface area (Å²) in [5, 5.41) is 18.1. The van der Waals surface area contributed by atoms with Crippen LogP contribution in [0.5, 0.6) is 5.88 Å². The second-order valence-corrected chi connectivity index (χ2v) is 4.10. The molecule has 1 N–H and O–H groups in total. The first kappa shape index (κ1) is 13.6. The summed E-state index contributed by atoms with van der Waals surface area (Å²) in [6, 6.07) is 12.9. The lowest BCUT2D eigenvalue weighted by atomic mass is 10.0. The molecular formula is C15H12N2O3. The summed E-state index contributed by atoms with van der Waals surface area (Å²) in [5.41, 5.74) is 1.97. The predicted octanol–water partition coefficient (Wildman–Crippen LogP) is 2.26. The zero-order chi connectivity index (χ0) is 14.5. The third-order valence-electron chi connectivity index (χ3n) is 2.78. The fourth-order valence-corrected chi connectivity index (χ4v) is 1.90. The molecule has 0 bridgehead atoms. The number of benzene rings is 1. The molecule has 0 spiro atoms. The molecule has 0 unspecified atom stereocenters. The van der Waals surface area contributed by atoms with Gasteiger partial charge in [-0.2, -0.15) is 5.26 Å². The minimum absolute atomic E-state index is 0.144. The van der Waals surface area contributed by atoms with Crippen LogP contribution < -0.4 is 4.74 Å². The molecule has 1 aromatic heterocycles. The number of aliphatic carboxylic acids is 1. The number of hydrogen-bond donors (Lipinski definition) is 1. The number of nitrogens with zero attached hydrogens (tertiary/aromatic N) is 2. The average molecular weight is 268 g/mol. The van der Waals surface area contributed by atoms with Gasteiger partial charge in [0.15, 0.2) is 0 Å². The van der Waals surface area contributed by atoms with Gasteiger partial charge < -0.3 is 9.84 Å². The Morgan fingerprint density at radius 3 is 2.65 bits per heavy atom. The highest BCUT2D eigenvalue weighted by atomic mass is 16.5. The predicted molar refractivity (Wildman–Crippen MR) is 72.3 cm³/mol. The van der Waals surface area contributed by atoms with Gasteiger partial charge in [-0.25, -0.2) is 4.98 Å². The van der Waals surface area contributed by atoms with Crippen LogP contribution in [0.25, 0.3) is 11.3 Å². The average Bonchev–Trinajstić information content (AvgIpc) is 2.46. The summed E-state index contributed by atoms with van der Waals surface area (Å²) >= 11 is 0. The number of nitriles is 1. The molecule has 1 aromatic carbocycles. The Labute approximate surface area is 116 Å². The van der Waals surface area contributed by atoms with Crippen LogP contribution in [0.4, 0.5) is 0 Å². The van der Waals surface area contributed by atoms with E-state index in [9.17, 15) is 4.79 Å². The van der Waals surface area contributed by atoms with E-state index in [-0.39, 0.29) is 17.9 Å². The van der Waals surface area contributed by atoms with Gasteiger partial charge in [0.25, 0.3) is 0 Å². The molecule has 100 valence electrons. The van der Waals surface area contributed by atoms with E-state index in [1.54, 1.807) is 6.07 Å². The molecule has 2 aromatic rings. The number of methoxy groups -OCH3 is 1. The van der Waals surface area contributed by atoms with Gasteiger partial charge in [-0.15, -0.1) is 0 Å². The number of carbonyl (C=O) groups is 1. The van der Waals surface area contributed by atoms with Gasteiger partial charge in [0.1, 0.15) is 11.6 Å². The number of ether oxygens (including phenoxy) is 1. The molecular weight excluding hydrogens is 256 g/mol. The van der Waals surface area contributed by atoms with Crippen LogP contribution in [-0.4, -0.2) is 23.2 Å². The van der Waals surface area contributed by atoms with Gasteiger partial charge in [0.2, 0.25) is 5.88 Å². The van der Waals surface area contributed by atoms with E-state index in [1.165, 1.54) is 7.11 Å². The van der Waals surface area contributed by atoms with Gasteiger partial charge >= 0.3 is 5.97 Å². The van der Waals surface area contributed by atoms with Gasteiger partial charge in [-0.1, -0.05) is 30.3 Å². The minimum atomic E-state index is -1.01. The number of carboxylic acid groups (broad SMARTS) is 1. The van der Waals surface area contributed by atoms with E-state index in [2.05, 4.69) is 4.98 Å². The monoisotopic (exact) mass is 268 g/mol. The fourth-order valence-electron chi connectivity index (χ4n) is 1.90. The molecule has 0 aliphatic carbocycles. The third kappa shape index (κ3) is 2.75. The highest BCUT2D eigenvalue weighted by Gasteiger charge is 2.16. The molecule has 0 saturated heterocycles. The highest BCUT2D eigenvalue weighted by molar-refractivity contribution is 5.73. The first-order valence-corrected chi connectivity index (χ1v) is 5.91. The van der Waals surface area contributed by atoms with Crippen LogP contribution in [-0.2, 0) is 11.2 Å². The second-order valence-electron chi connectivity index (χ2n) is 4.10. The van der Waals surface area contributed by atoms with Crippen molar-refractivity contribution in [1.29, 1.82) is 5.26 Å². The molecule has 5 heteroatoms. The Morgan fingerprint density at radius 1 is 1.40 bits per heavy atom. The van der Waals surface area contributed by atoms with Crippen LogP contribution in [0.1, 0.15) is 11.1 Å². The summed E-state index contributed by atoms with van der Waals surface area (Å²) in [6.45, 7) is 0. The lowest BCUT2D eigenvalue weighted by molar-refractivity contribution is -0.136. The van der Waals surface area contributed by atoms with Crippen molar-refractivity contribution in [3.05, 3.63) is 47.5 Å². The Morgan fingerprint density at radius 2 is 2.10 bits per heavy atom. The molecule has 0 saturated carbocycles. The molecule has 0 aliphatic heterocycles. The summed E-state index contributed by atoms with van der Waals surface area (Å²) in [6.07, 6.45) is -0.248. The molecule has 0 aliphatic rings. The highest BCUT2D eigenvalue weighted by Crippen LogP contribution is 2.26. The summed E-state index contributed by atoms with van der Waals surface area (Å²) < 4.78 is 5.09. The second kappa shape index (κ2) is 5.85. The molecule has 5 nitrogen and oxygen atoms in total. The van der Waals surface area contributed by atoms with Crippen molar-refractivity contribution in [3.8, 4) is 23.2 Å². The smallest absolute Gasteiger partial charge is 0.307 e. The summed E-state index contributed by atoms with van der Waals surface area (Å²) in [7, 11) is 1.41. The van der Waals surface area contributed by atoms with Gasteiger partial charge in [-0.3, -0.25) is 4.79 Å². The first-order valence-electron chi connectivity index (χ1n) is 5.91. The maximum Gasteiger partial charge on any atom is 0.307 e. The van der Waals surface area contributed by atoms with Crippen LogP contribution in [0.3, 0.4) is 0 Å². The molecule has 0 fully saturated rings. The number of carboxylic acids is 1. The molecule has 2 rings (SSSR count). The van der Waals surface area contributed by atoms with E-state index in [4.69, 9.17) is 15.1 Å². The normalized spacial score (nSPS) is 9.80. The van der Waals surface area contributed by atoms with E-state index in [0.717, 1.165) is 5.56 Å². The third-order valence-corrected chi connectivity index (χ3v) is 2.78. The fraction of sp³-hybridized carbons (Fsp3) is 0.133. The van der Waals surface area contributed by atoms with E-state index in [0.29, 0.717) is 11.3 Å². The quantitative estimate of drug-likeness (QED) is 0.919. The van der Waals surface area contributed by atoms with Crippen LogP contribution in [0, 0.1) is 11.3 Å². The Bertz CT molecular complexity index is 676. The maximum atomic E-state index is 10.9. The zero-order valence-electron chi connectivity index (χ0n) is 10.8. The Kier molecular flexibility index (Phi) is 3.96. The van der Waals surface area contributed by atoms with Crippen molar-refractivity contribution < 1.29 is 14.6 Å². The minimum Gasteiger partial charge on any atom is -0.481 e. The first-order chi connectivity index (χ1) is 9.65. The molecule has 1 heterocycles. The van der Waals surface area contributed by atoms with Crippen LogP contribution >= 0.6 is 0 Å². The van der Waals surface area contributed by atoms with Gasteiger partial charge in [0, 0.05) is 5.56 Å². The number of pyridine rings is 1. The lowest BCUT2D eigenvalue weighted by Crippen LogP contribution is -2.05. The number of rotatable bonds is 4. The molecule has 0 amide bonds. The Balaban J connectivity index is 2.61. The van der Waals surface area contributed by atoms with E-state index >= 15 is 0 Å². The van der Waals surface area contributed by atoms with Gasteiger partial charge in [-0.05, 0) is 11.6 Å². The molecule has 0 radical (unpaired) electrons. The number of aromatic nitrogens is 1. The molecule has 0 atom stereocenters. The van der Waals surface area contributed by atoms with Crippen molar-refractivity contribution in [1.82, 2.24) is 4.98 Å².